The highest BCUT2D eigenvalue weighted by atomic mass is 19.1. The summed E-state index contributed by atoms with van der Waals surface area (Å²) >= 11 is 0. The minimum Gasteiger partial charge on any atom is -0.444 e. The second kappa shape index (κ2) is 6.64. The number of nitrogens with one attached hydrogen (secondary N) is 1. The third-order valence-electron chi connectivity index (χ3n) is 3.76. The fraction of sp³-hybridized carbons (Fsp3) is 0.733. The topological polar surface area (TPSA) is 85.4 Å². The molecule has 0 radical (unpaired) electrons. The Bertz CT molecular complexity index is 535. The molecule has 0 aliphatic carbocycles. The smallest absolute Gasteiger partial charge is 0.407 e. The first-order valence-corrected chi connectivity index (χ1v) is 7.83. The monoisotopic (exact) mass is 327 g/mol. The molecule has 7 nitrogen and oxygen atoms in total. The molecule has 8 heteroatoms. The lowest BCUT2D eigenvalue weighted by molar-refractivity contribution is 0.0472. The summed E-state index contributed by atoms with van der Waals surface area (Å²) in [7, 11) is 1.81. The van der Waals surface area contributed by atoms with Gasteiger partial charge >= 0.3 is 6.09 Å². The van der Waals surface area contributed by atoms with Crippen LogP contribution in [0.25, 0.3) is 0 Å². The molecule has 0 saturated carbocycles. The van der Waals surface area contributed by atoms with Crippen LogP contribution in [-0.2, 0) is 11.8 Å². The Hall–Kier alpha value is -1.99. The van der Waals surface area contributed by atoms with E-state index >= 15 is 0 Å². The van der Waals surface area contributed by atoms with Gasteiger partial charge in [-0.25, -0.2) is 9.18 Å². The van der Waals surface area contributed by atoms with Crippen LogP contribution in [0.5, 0.6) is 0 Å². The van der Waals surface area contributed by atoms with E-state index in [9.17, 15) is 9.18 Å². The third-order valence-corrected chi connectivity index (χ3v) is 3.76. The molecule has 1 saturated heterocycles. The van der Waals surface area contributed by atoms with E-state index in [-0.39, 0.29) is 0 Å². The number of carbonyl (C=O) groups is 1. The molecule has 23 heavy (non-hydrogen) atoms. The molecular weight excluding hydrogens is 301 g/mol. The Morgan fingerprint density at radius 1 is 1.43 bits per heavy atom. The van der Waals surface area contributed by atoms with E-state index in [1.165, 1.54) is 0 Å². The summed E-state index contributed by atoms with van der Waals surface area (Å²) in [5.41, 5.74) is 5.90. The second-order valence-electron chi connectivity index (χ2n) is 6.88. The molecule has 1 aliphatic rings. The number of rotatable bonds is 2. The van der Waals surface area contributed by atoms with Gasteiger partial charge in [-0.05, 0) is 33.6 Å². The standard InChI is InChI=1S/C15H26FN5O2/c1-15(2,3)23-14(22)19-12-6-8-21(7-5-10(12)16)13-11(17)9-18-20(13)4/h9-10,12H,5-8,17H2,1-4H3,(H,19,22)/t10-,12-/m1/s1. The molecule has 2 atom stereocenters. The van der Waals surface area contributed by atoms with Gasteiger partial charge in [0.05, 0.1) is 17.9 Å². The number of halogens is 1. The van der Waals surface area contributed by atoms with Gasteiger partial charge in [0.2, 0.25) is 0 Å². The highest BCUT2D eigenvalue weighted by molar-refractivity contribution is 5.68. The molecule has 0 bridgehead atoms. The van der Waals surface area contributed by atoms with Crippen LogP contribution in [-0.4, -0.2) is 46.8 Å². The van der Waals surface area contributed by atoms with Crippen LogP contribution >= 0.6 is 0 Å². The normalized spacial score (nSPS) is 22.6. The van der Waals surface area contributed by atoms with Gasteiger partial charge in [0.25, 0.3) is 0 Å². The van der Waals surface area contributed by atoms with Crippen molar-refractivity contribution < 1.29 is 13.9 Å². The average Bonchev–Trinajstić information content (AvgIpc) is 2.64. The van der Waals surface area contributed by atoms with Crippen LogP contribution in [0.2, 0.25) is 0 Å². The predicted molar refractivity (Wildman–Crippen MR) is 87.1 cm³/mol. The molecular formula is C15H26FN5O2. The SMILES string of the molecule is Cn1ncc(N)c1N1CC[C@@H](F)[C@H](NC(=O)OC(C)(C)C)CC1. The number of aryl methyl sites for hydroxylation is 1. The number of nitrogens with two attached hydrogens (primary N) is 1. The van der Waals surface area contributed by atoms with Crippen molar-refractivity contribution in [2.24, 2.45) is 7.05 Å². The van der Waals surface area contributed by atoms with Gasteiger partial charge in [0.15, 0.2) is 0 Å². The van der Waals surface area contributed by atoms with Crippen molar-refractivity contribution in [1.82, 2.24) is 15.1 Å². The van der Waals surface area contributed by atoms with Crippen molar-refractivity contribution in [1.29, 1.82) is 0 Å². The molecule has 3 N–H and O–H groups in total. The summed E-state index contributed by atoms with van der Waals surface area (Å²) < 4.78 is 21.3. The van der Waals surface area contributed by atoms with Crippen LogP contribution < -0.4 is 16.0 Å². The zero-order chi connectivity index (χ0) is 17.2. The fourth-order valence-electron chi connectivity index (χ4n) is 2.74. The van der Waals surface area contributed by atoms with Gasteiger partial charge in [-0.3, -0.25) is 4.68 Å². The summed E-state index contributed by atoms with van der Waals surface area (Å²) in [6, 6.07) is -0.565. The maximum absolute atomic E-state index is 14.4. The summed E-state index contributed by atoms with van der Waals surface area (Å²) in [6.07, 6.45) is 0.667. The summed E-state index contributed by atoms with van der Waals surface area (Å²) in [4.78, 5) is 13.9. The molecule has 1 aromatic heterocycles. The van der Waals surface area contributed by atoms with E-state index in [1.54, 1.807) is 38.7 Å². The zero-order valence-corrected chi connectivity index (χ0v) is 14.2. The molecule has 2 heterocycles. The van der Waals surface area contributed by atoms with Gasteiger partial charge in [0, 0.05) is 20.1 Å². The maximum Gasteiger partial charge on any atom is 0.407 e. The first kappa shape index (κ1) is 17.4. The first-order chi connectivity index (χ1) is 10.7. The zero-order valence-electron chi connectivity index (χ0n) is 14.2. The van der Waals surface area contributed by atoms with Crippen molar-refractivity contribution in [3.63, 3.8) is 0 Å². The van der Waals surface area contributed by atoms with Crippen molar-refractivity contribution >= 4 is 17.6 Å². The summed E-state index contributed by atoms with van der Waals surface area (Å²) in [5, 5.41) is 6.76. The fourth-order valence-corrected chi connectivity index (χ4v) is 2.74. The number of amides is 1. The largest absolute Gasteiger partial charge is 0.444 e. The quantitative estimate of drug-likeness (QED) is 0.865. The van der Waals surface area contributed by atoms with Crippen molar-refractivity contribution in [2.45, 2.75) is 51.4 Å². The number of anilines is 2. The van der Waals surface area contributed by atoms with Crippen LogP contribution in [0.3, 0.4) is 0 Å². The van der Waals surface area contributed by atoms with E-state index in [4.69, 9.17) is 10.5 Å². The Morgan fingerprint density at radius 2 is 2.09 bits per heavy atom. The molecule has 2 rings (SSSR count). The molecule has 1 fully saturated rings. The molecule has 1 aromatic rings. The van der Waals surface area contributed by atoms with E-state index in [0.717, 1.165) is 5.82 Å². The number of ether oxygens (including phenoxy) is 1. The summed E-state index contributed by atoms with van der Waals surface area (Å²) in [5.74, 6) is 0.787. The highest BCUT2D eigenvalue weighted by Gasteiger charge is 2.30. The van der Waals surface area contributed by atoms with E-state index in [2.05, 4.69) is 10.4 Å². The number of nitrogens with zero attached hydrogens (tertiary/aromatic N) is 3. The number of carbonyl (C=O) groups excluding carboxylic acids is 1. The number of alkyl carbamates (subject to hydrolysis) is 1. The van der Waals surface area contributed by atoms with Crippen LogP contribution in [0.15, 0.2) is 6.20 Å². The lowest BCUT2D eigenvalue weighted by Crippen LogP contribution is -2.44. The Morgan fingerprint density at radius 3 is 2.65 bits per heavy atom. The van der Waals surface area contributed by atoms with Gasteiger partial charge in [0.1, 0.15) is 17.6 Å². The lowest BCUT2D eigenvalue weighted by atomic mass is 10.1. The number of alkyl halides is 1. The molecule has 0 unspecified atom stereocenters. The van der Waals surface area contributed by atoms with E-state index in [0.29, 0.717) is 31.6 Å². The van der Waals surface area contributed by atoms with Gasteiger partial charge in [-0.2, -0.15) is 5.10 Å². The minimum absolute atomic E-state index is 0.311. The number of hydrogen-bond donors (Lipinski definition) is 2. The van der Waals surface area contributed by atoms with Gasteiger partial charge in [-0.15, -0.1) is 0 Å². The Balaban J connectivity index is 2.00. The molecule has 0 spiro atoms. The van der Waals surface area contributed by atoms with Crippen LogP contribution in [0.1, 0.15) is 33.6 Å². The van der Waals surface area contributed by atoms with Gasteiger partial charge < -0.3 is 20.7 Å². The minimum atomic E-state index is -1.12. The lowest BCUT2D eigenvalue weighted by Gasteiger charge is -2.24. The number of nitrogen functional groups attached to an aromatic ring is 1. The summed E-state index contributed by atoms with van der Waals surface area (Å²) in [6.45, 7) is 6.45. The van der Waals surface area contributed by atoms with Gasteiger partial charge in [-0.1, -0.05) is 0 Å². The van der Waals surface area contributed by atoms with Crippen molar-refractivity contribution in [3.05, 3.63) is 6.20 Å². The molecule has 130 valence electrons. The average molecular weight is 327 g/mol. The number of aromatic nitrogens is 2. The van der Waals surface area contributed by atoms with Crippen LogP contribution in [0, 0.1) is 0 Å². The van der Waals surface area contributed by atoms with Crippen molar-refractivity contribution in [3.8, 4) is 0 Å². The Labute approximate surface area is 136 Å². The van der Waals surface area contributed by atoms with Crippen molar-refractivity contribution in [2.75, 3.05) is 23.7 Å². The first-order valence-electron chi connectivity index (χ1n) is 7.83. The van der Waals surface area contributed by atoms with Crippen LogP contribution in [0.4, 0.5) is 20.7 Å². The second-order valence-corrected chi connectivity index (χ2v) is 6.88. The number of hydrogen-bond acceptors (Lipinski definition) is 5. The maximum atomic E-state index is 14.4. The Kier molecular flexibility index (Phi) is 5.01. The molecule has 1 amide bonds. The molecule has 1 aliphatic heterocycles. The molecule has 0 aromatic carbocycles. The van der Waals surface area contributed by atoms with E-state index in [1.807, 2.05) is 4.90 Å². The third kappa shape index (κ3) is 4.49. The highest BCUT2D eigenvalue weighted by Crippen LogP contribution is 2.26. The van der Waals surface area contributed by atoms with E-state index < -0.39 is 23.9 Å². The predicted octanol–water partition coefficient (Wildman–Crippen LogP) is 1.83.